The van der Waals surface area contributed by atoms with Crippen molar-refractivity contribution < 1.29 is 26.2 Å². The van der Waals surface area contributed by atoms with Gasteiger partial charge < -0.3 is 0 Å². The summed E-state index contributed by atoms with van der Waals surface area (Å²) in [6.07, 6.45) is 11.8. The minimum atomic E-state index is 0. The molecule has 0 nitrogen and oxygen atoms in total. The van der Waals surface area contributed by atoms with Gasteiger partial charge >= 0.3 is 0 Å². The Kier molecular flexibility index (Phi) is 5.28. The maximum atomic E-state index is 2.45. The van der Waals surface area contributed by atoms with E-state index in [0.29, 0.717) is 0 Å². The first-order chi connectivity index (χ1) is 12.4. The molecule has 1 radical (unpaired) electrons. The summed E-state index contributed by atoms with van der Waals surface area (Å²) < 4.78 is 0. The van der Waals surface area contributed by atoms with Crippen molar-refractivity contribution in [2.45, 2.75) is 32.1 Å². The zero-order valence-electron chi connectivity index (χ0n) is 15.0. The molecule has 26 heavy (non-hydrogen) atoms. The van der Waals surface area contributed by atoms with Gasteiger partial charge in [-0.2, -0.15) is 0 Å². The summed E-state index contributed by atoms with van der Waals surface area (Å²) in [5.74, 6) is 0.901. The van der Waals surface area contributed by atoms with Crippen LogP contribution in [0.25, 0.3) is 28.0 Å². The molecule has 0 bridgehead atoms. The van der Waals surface area contributed by atoms with Crippen molar-refractivity contribution in [2.75, 3.05) is 0 Å². The van der Waals surface area contributed by atoms with E-state index in [-0.39, 0.29) is 26.2 Å². The number of fused-ring (bicyclic) bond motifs is 2. The molecule has 2 aliphatic carbocycles. The zero-order chi connectivity index (χ0) is 16.6. The van der Waals surface area contributed by atoms with Gasteiger partial charge in [-0.05, 0) is 45.4 Å². The molecule has 1 saturated carbocycles. The maximum Gasteiger partial charge on any atom is 0.0164 e. The number of rotatable bonds is 3. The molecule has 5 rings (SSSR count). The first-order valence-electron chi connectivity index (χ1n) is 9.55. The molecule has 0 aliphatic heterocycles. The largest absolute Gasteiger partial charge is 0.0616 e. The van der Waals surface area contributed by atoms with Crippen molar-refractivity contribution in [3.8, 4) is 11.1 Å². The molecule has 3 aromatic rings. The normalized spacial score (nSPS) is 16.4. The van der Waals surface area contributed by atoms with Crippen molar-refractivity contribution >= 4 is 16.8 Å². The minimum absolute atomic E-state index is 0. The minimum Gasteiger partial charge on any atom is -0.0616 e. The maximum absolute atomic E-state index is 2.45. The van der Waals surface area contributed by atoms with Crippen LogP contribution in [0.1, 0.15) is 43.2 Å². The van der Waals surface area contributed by atoms with Gasteiger partial charge in [-0.25, -0.2) is 0 Å². The molecule has 0 aromatic heterocycles. The van der Waals surface area contributed by atoms with Crippen molar-refractivity contribution in [1.29, 1.82) is 0 Å². The molecular weight excluding hydrogens is 391 g/mol. The molecule has 0 N–H and O–H groups in total. The third-order valence-corrected chi connectivity index (χ3v) is 5.89. The average molecular weight is 415 g/mol. The van der Waals surface area contributed by atoms with Crippen LogP contribution in [0.2, 0.25) is 0 Å². The third kappa shape index (κ3) is 3.27. The summed E-state index contributed by atoms with van der Waals surface area (Å²) in [4.78, 5) is 0. The van der Waals surface area contributed by atoms with Gasteiger partial charge in [-0.15, -0.1) is 0 Å². The Morgan fingerprint density at radius 1 is 0.769 bits per heavy atom. The molecule has 0 heterocycles. The van der Waals surface area contributed by atoms with Crippen LogP contribution in [0.4, 0.5) is 0 Å². The predicted molar refractivity (Wildman–Crippen MR) is 107 cm³/mol. The van der Waals surface area contributed by atoms with Crippen LogP contribution in [-0.2, 0) is 26.2 Å². The molecule has 0 saturated heterocycles. The Labute approximate surface area is 175 Å². The van der Waals surface area contributed by atoms with Gasteiger partial charge in [0.1, 0.15) is 0 Å². The fourth-order valence-electron chi connectivity index (χ4n) is 4.66. The summed E-state index contributed by atoms with van der Waals surface area (Å²) in [7, 11) is 0. The van der Waals surface area contributed by atoms with E-state index in [0.717, 1.165) is 5.92 Å². The molecule has 1 heteroatoms. The van der Waals surface area contributed by atoms with Crippen LogP contribution in [0, 0.1) is 12.3 Å². The molecule has 0 atom stereocenters. The number of hydrogen-bond acceptors (Lipinski definition) is 0. The van der Waals surface area contributed by atoms with E-state index in [4.69, 9.17) is 0 Å². The van der Waals surface area contributed by atoms with Crippen LogP contribution in [0.5, 0.6) is 0 Å². The molecule has 0 amide bonds. The van der Waals surface area contributed by atoms with Crippen LogP contribution < -0.4 is 0 Å². The topological polar surface area (TPSA) is 0 Å². The van der Waals surface area contributed by atoms with E-state index in [9.17, 15) is 0 Å². The molecule has 127 valence electrons. The van der Waals surface area contributed by atoms with Gasteiger partial charge in [0.25, 0.3) is 0 Å². The second-order valence-corrected chi connectivity index (χ2v) is 7.55. The van der Waals surface area contributed by atoms with Gasteiger partial charge in [0.2, 0.25) is 0 Å². The van der Waals surface area contributed by atoms with E-state index in [1.54, 1.807) is 0 Å². The fraction of sp³-hybridized carbons (Fsp3) is 0.240. The van der Waals surface area contributed by atoms with Crippen LogP contribution in [0.3, 0.4) is 0 Å². The first-order valence-corrected chi connectivity index (χ1v) is 9.55. The Bertz CT molecular complexity index is 956. The summed E-state index contributed by atoms with van der Waals surface area (Å²) in [5, 5.41) is 2.66. The second-order valence-electron chi connectivity index (χ2n) is 7.55. The van der Waals surface area contributed by atoms with Gasteiger partial charge in [0, 0.05) is 32.6 Å². The quantitative estimate of drug-likeness (QED) is 0.431. The standard InChI is InChI=1S/C25H23.Zr/c1-2-8-18(7-1)15-19-16-21-11-6-14-24(25(21)17-19)23-13-5-10-20-9-3-4-12-22(20)23;/h3-6,9-14,16-18H,1-2,7-8,15H2;. The molecule has 0 unspecified atom stereocenters. The number of benzene rings is 3. The Morgan fingerprint density at radius 2 is 1.50 bits per heavy atom. The van der Waals surface area contributed by atoms with E-state index in [1.165, 1.54) is 70.7 Å². The van der Waals surface area contributed by atoms with E-state index < -0.39 is 0 Å². The molecule has 2 aliphatic rings. The SMILES string of the molecule is [CH]1C(CC2CCCC2)=Cc2c1cccc2-c1cccc2ccccc12.[Zr]. The smallest absolute Gasteiger partial charge is 0.0164 e. The van der Waals surface area contributed by atoms with Crippen LogP contribution >= 0.6 is 0 Å². The van der Waals surface area contributed by atoms with Crippen LogP contribution in [0.15, 0.2) is 66.2 Å². The first kappa shape index (κ1) is 17.9. The number of hydrogen-bond donors (Lipinski definition) is 0. The van der Waals surface area contributed by atoms with Gasteiger partial charge in [-0.3, -0.25) is 0 Å². The summed E-state index contributed by atoms with van der Waals surface area (Å²) in [6.45, 7) is 0. The average Bonchev–Trinajstić information content (AvgIpc) is 3.30. The number of allylic oxidation sites excluding steroid dienone is 1. The van der Waals surface area contributed by atoms with Gasteiger partial charge in [0.05, 0.1) is 0 Å². The predicted octanol–water partition coefficient (Wildman–Crippen LogP) is 7.03. The molecular formula is C25H23Zr. The Morgan fingerprint density at radius 3 is 2.38 bits per heavy atom. The molecule has 3 aromatic carbocycles. The molecule has 1 fully saturated rings. The van der Waals surface area contributed by atoms with Gasteiger partial charge in [0.15, 0.2) is 0 Å². The van der Waals surface area contributed by atoms with E-state index in [1.807, 2.05) is 0 Å². The van der Waals surface area contributed by atoms with Crippen molar-refractivity contribution in [3.63, 3.8) is 0 Å². The summed E-state index contributed by atoms with van der Waals surface area (Å²) in [5.41, 5.74) is 7.04. The summed E-state index contributed by atoms with van der Waals surface area (Å²) >= 11 is 0. The zero-order valence-corrected chi connectivity index (χ0v) is 17.5. The molecule has 0 spiro atoms. The van der Waals surface area contributed by atoms with E-state index >= 15 is 0 Å². The Balaban J connectivity index is 0.00000168. The van der Waals surface area contributed by atoms with Crippen molar-refractivity contribution in [3.05, 3.63) is 83.8 Å². The third-order valence-electron chi connectivity index (χ3n) is 5.89. The fourth-order valence-corrected chi connectivity index (χ4v) is 4.66. The Hall–Kier alpha value is -1.46. The van der Waals surface area contributed by atoms with Crippen molar-refractivity contribution in [2.24, 2.45) is 5.92 Å². The van der Waals surface area contributed by atoms with Crippen molar-refractivity contribution in [1.82, 2.24) is 0 Å². The van der Waals surface area contributed by atoms with Crippen LogP contribution in [-0.4, -0.2) is 0 Å². The van der Waals surface area contributed by atoms with Gasteiger partial charge in [-0.1, -0.05) is 98.0 Å². The van der Waals surface area contributed by atoms with E-state index in [2.05, 4.69) is 73.2 Å². The summed E-state index contributed by atoms with van der Waals surface area (Å²) in [6, 6.07) is 22.1. The monoisotopic (exact) mass is 413 g/mol. The second kappa shape index (κ2) is 7.65.